The molecule has 1 unspecified atom stereocenters. The van der Waals surface area contributed by atoms with Crippen molar-refractivity contribution in [1.29, 1.82) is 0 Å². The molecule has 0 fully saturated rings. The lowest BCUT2D eigenvalue weighted by molar-refractivity contribution is 0.609. The molecule has 3 rings (SSSR count). The second-order valence-electron chi connectivity index (χ2n) is 4.96. The summed E-state index contributed by atoms with van der Waals surface area (Å²) in [5, 5.41) is 5.85. The Balaban J connectivity index is 1.84. The molecule has 18 heavy (non-hydrogen) atoms. The number of anilines is 2. The Hall–Kier alpha value is -1.48. The fourth-order valence-corrected chi connectivity index (χ4v) is 3.59. The van der Waals surface area contributed by atoms with Gasteiger partial charge in [0, 0.05) is 16.3 Å². The van der Waals surface area contributed by atoms with Crippen LogP contribution in [-0.2, 0) is 6.42 Å². The third kappa shape index (κ3) is 2.10. The van der Waals surface area contributed by atoms with Gasteiger partial charge in [0.15, 0.2) is 0 Å². The molecule has 1 atom stereocenters. The van der Waals surface area contributed by atoms with Gasteiger partial charge in [-0.1, -0.05) is 0 Å². The van der Waals surface area contributed by atoms with Crippen molar-refractivity contribution >= 4 is 22.7 Å². The zero-order valence-electron chi connectivity index (χ0n) is 10.6. The predicted octanol–water partition coefficient (Wildman–Crippen LogP) is 4.13. The molecular formula is C15H18N2S. The molecule has 1 aliphatic carbocycles. The summed E-state index contributed by atoms with van der Waals surface area (Å²) in [6.07, 6.45) is 3.73. The lowest BCUT2D eigenvalue weighted by Crippen LogP contribution is -2.15. The average molecular weight is 258 g/mol. The van der Waals surface area contributed by atoms with E-state index in [2.05, 4.69) is 35.8 Å². The third-order valence-corrected chi connectivity index (χ3v) is 4.66. The van der Waals surface area contributed by atoms with E-state index in [4.69, 9.17) is 5.73 Å². The van der Waals surface area contributed by atoms with Gasteiger partial charge in [-0.2, -0.15) is 0 Å². The quantitative estimate of drug-likeness (QED) is 0.795. The summed E-state index contributed by atoms with van der Waals surface area (Å²) in [5.74, 6) is 0. The van der Waals surface area contributed by atoms with E-state index in [0.717, 1.165) is 11.3 Å². The number of rotatable bonds is 2. The van der Waals surface area contributed by atoms with Gasteiger partial charge in [-0.3, -0.25) is 0 Å². The topological polar surface area (TPSA) is 38.0 Å². The number of hydrogen-bond acceptors (Lipinski definition) is 3. The number of nitrogens with two attached hydrogens (primary N) is 1. The smallest absolute Gasteiger partial charge is 0.0524 e. The van der Waals surface area contributed by atoms with Crippen LogP contribution >= 0.6 is 11.3 Å². The van der Waals surface area contributed by atoms with Crippen molar-refractivity contribution in [1.82, 2.24) is 0 Å². The molecule has 2 aromatic rings. The standard InChI is InChI=1S/C15H18N2S/c1-10-9-11(5-6-13(10)16)17-14-3-2-4-15-12(14)7-8-18-15/h5-9,14,17H,2-4,16H2,1H3. The van der Waals surface area contributed by atoms with E-state index < -0.39 is 0 Å². The highest BCUT2D eigenvalue weighted by Crippen LogP contribution is 2.35. The second-order valence-corrected chi connectivity index (χ2v) is 5.96. The van der Waals surface area contributed by atoms with E-state index in [1.165, 1.54) is 30.5 Å². The summed E-state index contributed by atoms with van der Waals surface area (Å²) in [4.78, 5) is 1.55. The fraction of sp³-hybridized carbons (Fsp3) is 0.333. The van der Waals surface area contributed by atoms with E-state index in [1.54, 1.807) is 4.88 Å². The molecule has 2 nitrogen and oxygen atoms in total. The molecule has 1 aromatic heterocycles. The van der Waals surface area contributed by atoms with E-state index in [9.17, 15) is 0 Å². The fourth-order valence-electron chi connectivity index (χ4n) is 2.60. The SMILES string of the molecule is Cc1cc(NC2CCCc3sccc32)ccc1N. The van der Waals surface area contributed by atoms with Gasteiger partial charge in [0.25, 0.3) is 0 Å². The number of hydrogen-bond donors (Lipinski definition) is 2. The van der Waals surface area contributed by atoms with E-state index >= 15 is 0 Å². The number of nitrogen functional groups attached to an aromatic ring is 1. The molecule has 3 heteroatoms. The maximum atomic E-state index is 5.86. The molecule has 1 aliphatic rings. The molecule has 0 spiro atoms. The van der Waals surface area contributed by atoms with Crippen LogP contribution in [0, 0.1) is 6.92 Å². The molecule has 0 radical (unpaired) electrons. The van der Waals surface area contributed by atoms with Crippen molar-refractivity contribution in [2.75, 3.05) is 11.1 Å². The van der Waals surface area contributed by atoms with Gasteiger partial charge in [0.2, 0.25) is 0 Å². The molecule has 3 N–H and O–H groups in total. The third-order valence-electron chi connectivity index (χ3n) is 3.66. The maximum Gasteiger partial charge on any atom is 0.0524 e. The molecule has 1 aromatic carbocycles. The van der Waals surface area contributed by atoms with Crippen LogP contribution in [0.25, 0.3) is 0 Å². The Morgan fingerprint density at radius 2 is 2.22 bits per heavy atom. The molecule has 0 aliphatic heterocycles. The number of benzene rings is 1. The Bertz CT molecular complexity index is 559. The minimum Gasteiger partial charge on any atom is -0.399 e. The van der Waals surface area contributed by atoms with E-state index in [0.29, 0.717) is 6.04 Å². The van der Waals surface area contributed by atoms with Crippen LogP contribution in [0.4, 0.5) is 11.4 Å². The monoisotopic (exact) mass is 258 g/mol. The van der Waals surface area contributed by atoms with Gasteiger partial charge < -0.3 is 11.1 Å². The van der Waals surface area contributed by atoms with Crippen LogP contribution in [0.3, 0.4) is 0 Å². The maximum absolute atomic E-state index is 5.86. The van der Waals surface area contributed by atoms with Crippen molar-refractivity contribution in [3.05, 3.63) is 45.6 Å². The van der Waals surface area contributed by atoms with Crippen LogP contribution in [0.15, 0.2) is 29.6 Å². The van der Waals surface area contributed by atoms with Crippen LogP contribution in [0.1, 0.15) is 34.9 Å². The minimum atomic E-state index is 0.461. The first-order valence-electron chi connectivity index (χ1n) is 6.43. The van der Waals surface area contributed by atoms with E-state index in [1.807, 2.05) is 17.4 Å². The van der Waals surface area contributed by atoms with Gasteiger partial charge in [-0.25, -0.2) is 0 Å². The first-order valence-corrected chi connectivity index (χ1v) is 7.31. The summed E-state index contributed by atoms with van der Waals surface area (Å²) < 4.78 is 0. The summed E-state index contributed by atoms with van der Waals surface area (Å²) in [6.45, 7) is 2.05. The van der Waals surface area contributed by atoms with Gasteiger partial charge in [-0.15, -0.1) is 11.3 Å². The van der Waals surface area contributed by atoms with Gasteiger partial charge in [0.05, 0.1) is 6.04 Å². The summed E-state index contributed by atoms with van der Waals surface area (Å²) in [7, 11) is 0. The molecule has 0 amide bonds. The van der Waals surface area contributed by atoms with Gasteiger partial charge in [0.1, 0.15) is 0 Å². The Morgan fingerprint density at radius 1 is 1.33 bits per heavy atom. The zero-order chi connectivity index (χ0) is 12.5. The highest BCUT2D eigenvalue weighted by molar-refractivity contribution is 7.10. The Kier molecular flexibility index (Phi) is 3.00. The highest BCUT2D eigenvalue weighted by Gasteiger charge is 2.20. The average Bonchev–Trinajstić information content (AvgIpc) is 2.83. The molecule has 0 saturated carbocycles. The lowest BCUT2D eigenvalue weighted by atomic mass is 9.94. The Morgan fingerprint density at radius 3 is 3.06 bits per heavy atom. The van der Waals surface area contributed by atoms with Crippen LogP contribution in [0.2, 0.25) is 0 Å². The van der Waals surface area contributed by atoms with Crippen LogP contribution < -0.4 is 11.1 Å². The van der Waals surface area contributed by atoms with Crippen molar-refractivity contribution in [2.24, 2.45) is 0 Å². The van der Waals surface area contributed by atoms with Crippen molar-refractivity contribution in [2.45, 2.75) is 32.2 Å². The number of nitrogens with one attached hydrogen (secondary N) is 1. The van der Waals surface area contributed by atoms with Gasteiger partial charge >= 0.3 is 0 Å². The predicted molar refractivity (Wildman–Crippen MR) is 79.2 cm³/mol. The summed E-state index contributed by atoms with van der Waals surface area (Å²) in [6, 6.07) is 8.91. The van der Waals surface area contributed by atoms with Crippen molar-refractivity contribution in [3.8, 4) is 0 Å². The molecule has 0 bridgehead atoms. The van der Waals surface area contributed by atoms with Crippen molar-refractivity contribution < 1.29 is 0 Å². The lowest BCUT2D eigenvalue weighted by Gasteiger charge is -2.25. The normalized spacial score (nSPS) is 18.4. The Labute approximate surface area is 112 Å². The first kappa shape index (κ1) is 11.6. The molecule has 0 saturated heterocycles. The second kappa shape index (κ2) is 4.65. The number of aryl methyl sites for hydroxylation is 2. The number of fused-ring (bicyclic) bond motifs is 1. The van der Waals surface area contributed by atoms with Crippen LogP contribution in [-0.4, -0.2) is 0 Å². The molecule has 94 valence electrons. The van der Waals surface area contributed by atoms with Gasteiger partial charge in [-0.05, 0) is 67.0 Å². The number of thiophene rings is 1. The van der Waals surface area contributed by atoms with Crippen molar-refractivity contribution in [3.63, 3.8) is 0 Å². The first-order chi connectivity index (χ1) is 8.74. The van der Waals surface area contributed by atoms with E-state index in [-0.39, 0.29) is 0 Å². The summed E-state index contributed by atoms with van der Waals surface area (Å²) >= 11 is 1.89. The molecular weight excluding hydrogens is 240 g/mol. The highest BCUT2D eigenvalue weighted by atomic mass is 32.1. The zero-order valence-corrected chi connectivity index (χ0v) is 11.4. The largest absolute Gasteiger partial charge is 0.399 e. The minimum absolute atomic E-state index is 0.461. The van der Waals surface area contributed by atoms with Crippen LogP contribution in [0.5, 0.6) is 0 Å². The summed E-state index contributed by atoms with van der Waals surface area (Å²) in [5.41, 5.74) is 10.5. The molecule has 1 heterocycles.